The van der Waals surface area contributed by atoms with Crippen LogP contribution >= 0.6 is 11.3 Å². The number of rotatable bonds is 9. The van der Waals surface area contributed by atoms with E-state index >= 15 is 0 Å². The van der Waals surface area contributed by atoms with Gasteiger partial charge in [-0.25, -0.2) is 9.37 Å². The summed E-state index contributed by atoms with van der Waals surface area (Å²) < 4.78 is 14.3. The minimum atomic E-state index is -0.306. The summed E-state index contributed by atoms with van der Waals surface area (Å²) in [7, 11) is 0. The van der Waals surface area contributed by atoms with Crippen LogP contribution in [0.5, 0.6) is 0 Å². The van der Waals surface area contributed by atoms with Crippen molar-refractivity contribution in [3.8, 4) is 10.7 Å². The highest BCUT2D eigenvalue weighted by molar-refractivity contribution is 7.16. The molecule has 0 aromatic carbocycles. The van der Waals surface area contributed by atoms with Crippen LogP contribution in [0.15, 0.2) is 36.7 Å². The molecular weight excluding hydrogens is 427 g/mol. The average Bonchev–Trinajstić information content (AvgIpc) is 3.28. The molecule has 1 saturated carbocycles. The number of nitrogens with zero attached hydrogens (tertiary/aromatic N) is 5. The van der Waals surface area contributed by atoms with Crippen LogP contribution in [-0.4, -0.2) is 50.6 Å². The molecule has 3 aromatic heterocycles. The van der Waals surface area contributed by atoms with E-state index in [9.17, 15) is 9.18 Å². The highest BCUT2D eigenvalue weighted by Gasteiger charge is 2.41. The number of hydrogen-bond donors (Lipinski definition) is 1. The predicted molar refractivity (Wildman–Crippen MR) is 123 cm³/mol. The summed E-state index contributed by atoms with van der Waals surface area (Å²) in [5, 5.41) is 12.5. The van der Waals surface area contributed by atoms with Gasteiger partial charge in [-0.15, -0.1) is 21.5 Å². The fraction of sp³-hybridized carbons (Fsp3) is 0.435. The number of hydrogen-bond acceptors (Lipinski definition) is 7. The highest BCUT2D eigenvalue weighted by Crippen LogP contribution is 2.43. The second kappa shape index (κ2) is 9.68. The number of carbonyl (C=O) groups excluding carboxylic acids is 1. The Morgan fingerprint density at radius 1 is 1.22 bits per heavy atom. The lowest BCUT2D eigenvalue weighted by atomic mass is 9.66. The minimum Gasteiger partial charge on any atom is -0.368 e. The van der Waals surface area contributed by atoms with Crippen molar-refractivity contribution >= 4 is 23.1 Å². The van der Waals surface area contributed by atoms with E-state index in [1.807, 2.05) is 24.0 Å². The molecule has 1 N–H and O–H groups in total. The molecule has 7 nitrogen and oxygen atoms in total. The second-order valence-electron chi connectivity index (χ2n) is 8.04. The van der Waals surface area contributed by atoms with Crippen LogP contribution in [0.1, 0.15) is 54.9 Å². The Labute approximate surface area is 191 Å². The summed E-state index contributed by atoms with van der Waals surface area (Å²) in [5.74, 6) is 0.353. The second-order valence-corrected chi connectivity index (χ2v) is 9.07. The molecule has 1 amide bonds. The number of carbonyl (C=O) groups is 1. The van der Waals surface area contributed by atoms with Gasteiger partial charge in [-0.1, -0.05) is 13.3 Å². The topological polar surface area (TPSA) is 83.9 Å². The van der Waals surface area contributed by atoms with E-state index in [0.29, 0.717) is 40.2 Å². The van der Waals surface area contributed by atoms with Gasteiger partial charge in [-0.05, 0) is 50.5 Å². The molecule has 3 heterocycles. The first-order valence-electron chi connectivity index (χ1n) is 11.0. The summed E-state index contributed by atoms with van der Waals surface area (Å²) in [5.41, 5.74) is 0.833. The van der Waals surface area contributed by atoms with Crippen LogP contribution in [-0.2, 0) is 5.41 Å². The van der Waals surface area contributed by atoms with E-state index in [4.69, 9.17) is 0 Å². The first-order chi connectivity index (χ1) is 15.6. The van der Waals surface area contributed by atoms with Crippen molar-refractivity contribution in [2.24, 2.45) is 0 Å². The van der Waals surface area contributed by atoms with E-state index in [0.717, 1.165) is 32.2 Å². The molecule has 0 bridgehead atoms. The molecule has 1 fully saturated rings. The van der Waals surface area contributed by atoms with Gasteiger partial charge in [-0.3, -0.25) is 9.78 Å². The van der Waals surface area contributed by atoms with E-state index in [-0.39, 0.29) is 17.1 Å². The van der Waals surface area contributed by atoms with Crippen molar-refractivity contribution in [1.82, 2.24) is 25.1 Å². The Hall–Kier alpha value is -2.94. The van der Waals surface area contributed by atoms with Gasteiger partial charge in [0.25, 0.3) is 5.91 Å². The molecule has 168 valence electrons. The van der Waals surface area contributed by atoms with Crippen molar-refractivity contribution in [1.29, 1.82) is 0 Å². The zero-order chi connectivity index (χ0) is 22.6. The maximum Gasteiger partial charge on any atom is 0.265 e. The lowest BCUT2D eigenvalue weighted by Crippen LogP contribution is -2.42. The van der Waals surface area contributed by atoms with Crippen LogP contribution in [0.4, 0.5) is 10.2 Å². The lowest BCUT2D eigenvalue weighted by Gasteiger charge is -2.41. The smallest absolute Gasteiger partial charge is 0.265 e. The van der Waals surface area contributed by atoms with Crippen LogP contribution < -0.4 is 5.32 Å². The molecule has 0 spiro atoms. The van der Waals surface area contributed by atoms with Gasteiger partial charge in [0.2, 0.25) is 0 Å². The Balaban J connectivity index is 1.42. The van der Waals surface area contributed by atoms with E-state index in [2.05, 4.69) is 32.4 Å². The number of pyridine rings is 1. The third-order valence-electron chi connectivity index (χ3n) is 5.94. The fourth-order valence-electron chi connectivity index (χ4n) is 4.00. The lowest BCUT2D eigenvalue weighted by molar-refractivity contribution is 0.0769. The molecule has 1 aliphatic rings. The molecular formula is C23H27FN6OS. The maximum absolute atomic E-state index is 14.3. The molecule has 4 rings (SSSR count). The van der Waals surface area contributed by atoms with Crippen molar-refractivity contribution < 1.29 is 9.18 Å². The SMILES string of the molecule is CCCN(CC)C(=O)c1cnc(-c2ccc(NCC3(c4ncccc4F)CCC3)nn2)s1. The Morgan fingerprint density at radius 3 is 2.69 bits per heavy atom. The predicted octanol–water partition coefficient (Wildman–Crippen LogP) is 4.54. The van der Waals surface area contributed by atoms with Gasteiger partial charge in [0.05, 0.1) is 11.9 Å². The Morgan fingerprint density at radius 2 is 2.06 bits per heavy atom. The normalized spacial score (nSPS) is 14.6. The number of thiazole rings is 1. The summed E-state index contributed by atoms with van der Waals surface area (Å²) >= 11 is 1.32. The third-order valence-corrected chi connectivity index (χ3v) is 6.95. The Kier molecular flexibility index (Phi) is 6.74. The van der Waals surface area contributed by atoms with E-state index in [1.165, 1.54) is 17.4 Å². The van der Waals surface area contributed by atoms with Crippen LogP contribution in [0.2, 0.25) is 0 Å². The van der Waals surface area contributed by atoms with Crippen molar-refractivity contribution in [3.05, 3.63) is 53.0 Å². The summed E-state index contributed by atoms with van der Waals surface area (Å²) in [6, 6.07) is 6.75. The van der Waals surface area contributed by atoms with Gasteiger partial charge in [0.1, 0.15) is 27.2 Å². The van der Waals surface area contributed by atoms with Gasteiger partial charge >= 0.3 is 0 Å². The monoisotopic (exact) mass is 454 g/mol. The van der Waals surface area contributed by atoms with Crippen molar-refractivity contribution in [2.45, 2.75) is 44.9 Å². The Bertz CT molecular complexity index is 1070. The largest absolute Gasteiger partial charge is 0.368 e. The number of aromatic nitrogens is 4. The molecule has 3 aromatic rings. The standard InChI is InChI=1S/C23H27FN6OS/c1-3-13-30(4-2)22(31)18-14-26-21(32-18)17-8-9-19(29-28-17)27-15-23(10-6-11-23)20-16(24)7-5-12-25-20/h5,7-9,12,14H,3-4,6,10-11,13,15H2,1-2H3,(H,27,29). The molecule has 0 radical (unpaired) electrons. The van der Waals surface area contributed by atoms with E-state index < -0.39 is 0 Å². The van der Waals surface area contributed by atoms with Crippen LogP contribution in [0.25, 0.3) is 10.7 Å². The van der Waals surface area contributed by atoms with Gasteiger partial charge < -0.3 is 10.2 Å². The third kappa shape index (κ3) is 4.48. The summed E-state index contributed by atoms with van der Waals surface area (Å²) in [6.45, 7) is 5.98. The van der Waals surface area contributed by atoms with Crippen molar-refractivity contribution in [2.75, 3.05) is 25.0 Å². The van der Waals surface area contributed by atoms with Gasteiger partial charge in [-0.2, -0.15) is 0 Å². The maximum atomic E-state index is 14.3. The summed E-state index contributed by atoms with van der Waals surface area (Å²) in [4.78, 5) is 23.7. The number of halogens is 1. The molecule has 32 heavy (non-hydrogen) atoms. The van der Waals surface area contributed by atoms with E-state index in [1.54, 1.807) is 18.5 Å². The zero-order valence-electron chi connectivity index (χ0n) is 18.3. The fourth-order valence-corrected chi connectivity index (χ4v) is 4.85. The number of amides is 1. The zero-order valence-corrected chi connectivity index (χ0v) is 19.2. The molecule has 0 atom stereocenters. The first-order valence-corrected chi connectivity index (χ1v) is 11.8. The molecule has 0 aliphatic heterocycles. The first kappa shape index (κ1) is 22.3. The van der Waals surface area contributed by atoms with Crippen molar-refractivity contribution in [3.63, 3.8) is 0 Å². The average molecular weight is 455 g/mol. The van der Waals surface area contributed by atoms with Crippen LogP contribution in [0.3, 0.4) is 0 Å². The number of nitrogens with one attached hydrogen (secondary N) is 1. The minimum absolute atomic E-state index is 0.00287. The molecule has 1 aliphatic carbocycles. The molecule has 0 unspecified atom stereocenters. The quantitative estimate of drug-likeness (QED) is 0.511. The van der Waals surface area contributed by atoms with Gasteiger partial charge in [0.15, 0.2) is 0 Å². The molecule has 0 saturated heterocycles. The highest BCUT2D eigenvalue weighted by atomic mass is 32.1. The van der Waals surface area contributed by atoms with Gasteiger partial charge in [0, 0.05) is 31.2 Å². The number of anilines is 1. The summed E-state index contributed by atoms with van der Waals surface area (Å²) in [6.07, 6.45) is 7.00. The van der Waals surface area contributed by atoms with Crippen LogP contribution in [0, 0.1) is 5.82 Å². The molecule has 9 heteroatoms.